The monoisotopic (exact) mass is 333 g/mol. The van der Waals surface area contributed by atoms with Crippen LogP contribution in [0.1, 0.15) is 23.0 Å². The van der Waals surface area contributed by atoms with Crippen LogP contribution in [0.5, 0.6) is 0 Å². The number of carbonyl (C=O) groups is 2. The summed E-state index contributed by atoms with van der Waals surface area (Å²) < 4.78 is 4.89. The van der Waals surface area contributed by atoms with Crippen LogP contribution in [0.15, 0.2) is 42.7 Å². The minimum atomic E-state index is -1.40. The van der Waals surface area contributed by atoms with E-state index in [0.717, 1.165) is 0 Å². The van der Waals surface area contributed by atoms with Crippen molar-refractivity contribution in [1.29, 1.82) is 0 Å². The van der Waals surface area contributed by atoms with Crippen LogP contribution in [-0.4, -0.2) is 40.9 Å². The summed E-state index contributed by atoms with van der Waals surface area (Å²) in [6.45, 7) is 1.57. The van der Waals surface area contributed by atoms with Gasteiger partial charge in [-0.3, -0.25) is 9.78 Å². The predicted octanol–water partition coefficient (Wildman–Crippen LogP) is 2.29. The number of aromatic nitrogens is 2. The number of methoxy groups -OCH3 is 1. The molecule has 0 aliphatic carbocycles. The normalized spacial score (nSPS) is 13.0. The summed E-state index contributed by atoms with van der Waals surface area (Å²) in [5.41, 5.74) is -0.808. The van der Waals surface area contributed by atoms with Gasteiger partial charge in [0.15, 0.2) is 5.54 Å². The average Bonchev–Trinajstić information content (AvgIpc) is 2.60. The van der Waals surface area contributed by atoms with Gasteiger partial charge in [-0.1, -0.05) is 17.7 Å². The largest absolute Gasteiger partial charge is 0.467 e. The molecule has 0 aliphatic rings. The zero-order valence-corrected chi connectivity index (χ0v) is 13.7. The third-order valence-corrected chi connectivity index (χ3v) is 4.01. The molecule has 0 spiro atoms. The van der Waals surface area contributed by atoms with Gasteiger partial charge in [0.2, 0.25) is 0 Å². The first-order chi connectivity index (χ1) is 10.9. The molecule has 1 atom stereocenters. The van der Waals surface area contributed by atoms with E-state index in [9.17, 15) is 9.59 Å². The summed E-state index contributed by atoms with van der Waals surface area (Å²) in [6, 6.07) is 8.26. The number of esters is 1. The molecule has 0 bridgehead atoms. The van der Waals surface area contributed by atoms with Gasteiger partial charge in [-0.2, -0.15) is 0 Å². The maximum atomic E-state index is 12.8. The Morgan fingerprint density at radius 1 is 1.17 bits per heavy atom. The number of rotatable bonds is 4. The molecule has 1 unspecified atom stereocenters. The van der Waals surface area contributed by atoms with Crippen LogP contribution in [0, 0.1) is 0 Å². The van der Waals surface area contributed by atoms with Gasteiger partial charge >= 0.3 is 5.97 Å². The number of ether oxygens (including phenoxy) is 1. The second kappa shape index (κ2) is 6.75. The van der Waals surface area contributed by atoms with Crippen molar-refractivity contribution < 1.29 is 14.3 Å². The van der Waals surface area contributed by atoms with E-state index < -0.39 is 17.4 Å². The van der Waals surface area contributed by atoms with E-state index >= 15 is 0 Å². The first kappa shape index (κ1) is 16.9. The molecule has 23 heavy (non-hydrogen) atoms. The Morgan fingerprint density at radius 2 is 1.87 bits per heavy atom. The second-order valence-electron chi connectivity index (χ2n) is 4.98. The van der Waals surface area contributed by atoms with Gasteiger partial charge < -0.3 is 9.64 Å². The lowest BCUT2D eigenvalue weighted by Crippen LogP contribution is -2.51. The molecule has 0 aromatic carbocycles. The van der Waals surface area contributed by atoms with Crippen LogP contribution in [0.2, 0.25) is 5.15 Å². The molecular formula is C16H16ClN3O3. The average molecular weight is 334 g/mol. The van der Waals surface area contributed by atoms with Crippen LogP contribution in [0.4, 0.5) is 0 Å². The number of likely N-dealkylation sites (N-methyl/N-ethyl adjacent to an activating group) is 1. The van der Waals surface area contributed by atoms with Crippen molar-refractivity contribution in [2.45, 2.75) is 12.5 Å². The van der Waals surface area contributed by atoms with E-state index in [1.165, 1.54) is 25.3 Å². The maximum Gasteiger partial charge on any atom is 0.337 e. The summed E-state index contributed by atoms with van der Waals surface area (Å²) >= 11 is 5.98. The van der Waals surface area contributed by atoms with E-state index in [1.807, 2.05) is 0 Å². The number of halogens is 1. The molecule has 0 radical (unpaired) electrons. The van der Waals surface area contributed by atoms with Gasteiger partial charge in [0.25, 0.3) is 5.91 Å². The summed E-state index contributed by atoms with van der Waals surface area (Å²) in [4.78, 5) is 34.5. The fourth-order valence-electron chi connectivity index (χ4n) is 2.19. The third-order valence-electron chi connectivity index (χ3n) is 3.71. The van der Waals surface area contributed by atoms with Crippen molar-refractivity contribution in [1.82, 2.24) is 14.9 Å². The van der Waals surface area contributed by atoms with E-state index in [4.69, 9.17) is 16.3 Å². The molecule has 0 saturated heterocycles. The Balaban J connectivity index is 2.50. The van der Waals surface area contributed by atoms with Crippen LogP contribution >= 0.6 is 11.6 Å². The Bertz CT molecular complexity index is 724. The maximum absolute atomic E-state index is 12.8. The minimum Gasteiger partial charge on any atom is -0.467 e. The van der Waals surface area contributed by atoms with Gasteiger partial charge in [0.1, 0.15) is 5.15 Å². The summed E-state index contributed by atoms with van der Waals surface area (Å²) in [5.74, 6) is -1.06. The smallest absolute Gasteiger partial charge is 0.337 e. The highest BCUT2D eigenvalue weighted by Gasteiger charge is 2.44. The molecule has 0 saturated carbocycles. The molecule has 2 aromatic rings. The summed E-state index contributed by atoms with van der Waals surface area (Å²) in [6.07, 6.45) is 3.03. The number of hydrogen-bond donors (Lipinski definition) is 0. The first-order valence-corrected chi connectivity index (χ1v) is 7.19. The fourth-order valence-corrected chi connectivity index (χ4v) is 2.39. The lowest BCUT2D eigenvalue weighted by Gasteiger charge is -2.35. The topological polar surface area (TPSA) is 72.4 Å². The number of carbonyl (C=O) groups excluding carboxylic acids is 2. The van der Waals surface area contributed by atoms with E-state index in [0.29, 0.717) is 5.69 Å². The summed E-state index contributed by atoms with van der Waals surface area (Å²) in [7, 11) is 2.76. The quantitative estimate of drug-likeness (QED) is 0.634. The molecule has 0 N–H and O–H groups in total. The van der Waals surface area contributed by atoms with Crippen molar-refractivity contribution in [3.05, 3.63) is 59.1 Å². The van der Waals surface area contributed by atoms with Gasteiger partial charge in [-0.15, -0.1) is 0 Å². The van der Waals surface area contributed by atoms with Crippen LogP contribution in [-0.2, 0) is 15.1 Å². The first-order valence-electron chi connectivity index (χ1n) is 6.81. The molecule has 2 rings (SSSR count). The van der Waals surface area contributed by atoms with Crippen LogP contribution in [0.25, 0.3) is 0 Å². The van der Waals surface area contributed by atoms with Crippen molar-refractivity contribution in [3.8, 4) is 0 Å². The highest BCUT2D eigenvalue weighted by molar-refractivity contribution is 6.32. The standard InChI is InChI=1S/C16H16ClN3O3/c1-16(15(22)23-3,12-8-4-5-9-18-12)20(2)14(21)11-7-6-10-19-13(11)17/h4-10H,1-3H3. The number of pyridine rings is 2. The SMILES string of the molecule is COC(=O)C(C)(c1ccccn1)N(C)C(=O)c1cccnc1Cl. The number of amides is 1. The van der Waals surface area contributed by atoms with E-state index in [2.05, 4.69) is 9.97 Å². The van der Waals surface area contributed by atoms with Crippen molar-refractivity contribution >= 4 is 23.5 Å². The molecule has 0 aliphatic heterocycles. The molecule has 1 amide bonds. The Labute approximate surface area is 139 Å². The third kappa shape index (κ3) is 3.03. The zero-order valence-electron chi connectivity index (χ0n) is 13.0. The molecule has 2 aromatic heterocycles. The zero-order chi connectivity index (χ0) is 17.0. The highest BCUT2D eigenvalue weighted by Crippen LogP contribution is 2.29. The predicted molar refractivity (Wildman–Crippen MR) is 84.9 cm³/mol. The molecule has 0 fully saturated rings. The van der Waals surface area contributed by atoms with E-state index in [1.54, 1.807) is 43.5 Å². The van der Waals surface area contributed by atoms with Gasteiger partial charge in [0, 0.05) is 19.4 Å². The second-order valence-corrected chi connectivity index (χ2v) is 5.34. The molecule has 2 heterocycles. The van der Waals surface area contributed by atoms with Gasteiger partial charge in [-0.25, -0.2) is 9.78 Å². The van der Waals surface area contributed by atoms with Crippen LogP contribution in [0.3, 0.4) is 0 Å². The summed E-state index contributed by atoms with van der Waals surface area (Å²) in [5, 5.41) is 0.0672. The lowest BCUT2D eigenvalue weighted by atomic mass is 9.94. The van der Waals surface area contributed by atoms with Crippen molar-refractivity contribution in [2.75, 3.05) is 14.2 Å². The molecule has 7 heteroatoms. The Hall–Kier alpha value is -2.47. The Morgan fingerprint density at radius 3 is 2.43 bits per heavy atom. The van der Waals surface area contributed by atoms with Gasteiger partial charge in [-0.05, 0) is 31.2 Å². The van der Waals surface area contributed by atoms with E-state index in [-0.39, 0.29) is 10.7 Å². The number of nitrogens with zero attached hydrogens (tertiary/aromatic N) is 3. The van der Waals surface area contributed by atoms with Gasteiger partial charge in [0.05, 0.1) is 18.4 Å². The molecular weight excluding hydrogens is 318 g/mol. The lowest BCUT2D eigenvalue weighted by molar-refractivity contribution is -0.152. The van der Waals surface area contributed by atoms with Crippen LogP contribution < -0.4 is 0 Å². The minimum absolute atomic E-state index is 0.0672. The number of hydrogen-bond acceptors (Lipinski definition) is 5. The molecule has 6 nitrogen and oxygen atoms in total. The Kier molecular flexibility index (Phi) is 4.95. The van der Waals surface area contributed by atoms with Crippen molar-refractivity contribution in [3.63, 3.8) is 0 Å². The van der Waals surface area contributed by atoms with Crippen molar-refractivity contribution in [2.24, 2.45) is 0 Å². The highest BCUT2D eigenvalue weighted by atomic mass is 35.5. The fraction of sp³-hybridized carbons (Fsp3) is 0.250. The molecule has 120 valence electrons.